The van der Waals surface area contributed by atoms with Gasteiger partial charge in [-0.3, -0.25) is 20.2 Å². The molecule has 1 aliphatic rings. The van der Waals surface area contributed by atoms with Gasteiger partial charge in [0.1, 0.15) is 22.9 Å². The predicted octanol–water partition coefficient (Wildman–Crippen LogP) is 1.84. The van der Waals surface area contributed by atoms with Gasteiger partial charge in [0.15, 0.2) is 0 Å². The minimum Gasteiger partial charge on any atom is -0.457 e. The lowest BCUT2D eigenvalue weighted by molar-refractivity contribution is -0.123. The number of carbonyl (C=O) groups is 3. The highest BCUT2D eigenvalue weighted by atomic mass is 19.1. The van der Waals surface area contributed by atoms with Gasteiger partial charge in [-0.15, -0.1) is 0 Å². The highest BCUT2D eigenvalue weighted by Crippen LogP contribution is 2.25. The van der Waals surface area contributed by atoms with E-state index in [1.807, 2.05) is 10.6 Å². The second kappa shape index (κ2) is 5.28. The Morgan fingerprint density at radius 1 is 0.955 bits per heavy atom. The number of urea groups is 1. The fraction of sp³-hybridized carbons (Fsp3) is 0. The van der Waals surface area contributed by atoms with Crippen LogP contribution >= 0.6 is 0 Å². The summed E-state index contributed by atoms with van der Waals surface area (Å²) < 4.78 is 19.1. The van der Waals surface area contributed by atoms with Gasteiger partial charge in [0, 0.05) is 0 Å². The second-order valence-electron chi connectivity index (χ2n) is 4.48. The van der Waals surface area contributed by atoms with Crippen LogP contribution in [0.15, 0.2) is 46.4 Å². The van der Waals surface area contributed by atoms with E-state index >= 15 is 0 Å². The molecule has 1 aliphatic heterocycles. The zero-order chi connectivity index (χ0) is 15.7. The summed E-state index contributed by atoms with van der Waals surface area (Å²) in [5.74, 6) is -1.64. The molecule has 6 nitrogen and oxygen atoms in total. The number of hydrogen-bond donors (Lipinski definition) is 2. The van der Waals surface area contributed by atoms with Crippen LogP contribution in [0.4, 0.5) is 9.18 Å². The summed E-state index contributed by atoms with van der Waals surface area (Å²) in [6.45, 7) is 0. The third-order valence-electron chi connectivity index (χ3n) is 3.00. The van der Waals surface area contributed by atoms with Crippen LogP contribution in [0.1, 0.15) is 5.76 Å². The summed E-state index contributed by atoms with van der Waals surface area (Å²) in [6.07, 6.45) is 1.18. The second-order valence-corrected chi connectivity index (χ2v) is 4.48. The highest BCUT2D eigenvalue weighted by molar-refractivity contribution is 6.31. The molecular formula is C15H9FN2O4. The zero-order valence-electron chi connectivity index (χ0n) is 11.1. The van der Waals surface area contributed by atoms with Gasteiger partial charge in [0.05, 0.1) is 5.56 Å². The summed E-state index contributed by atoms with van der Waals surface area (Å²) >= 11 is 0. The van der Waals surface area contributed by atoms with Gasteiger partial charge in [-0.25, -0.2) is 9.18 Å². The van der Waals surface area contributed by atoms with Crippen molar-refractivity contribution in [3.8, 4) is 11.3 Å². The average molecular weight is 300 g/mol. The van der Waals surface area contributed by atoms with Crippen LogP contribution in [0, 0.1) is 5.82 Å². The first-order valence-corrected chi connectivity index (χ1v) is 6.27. The molecule has 4 amide bonds. The molecule has 0 saturated carbocycles. The first kappa shape index (κ1) is 13.7. The van der Waals surface area contributed by atoms with Crippen molar-refractivity contribution in [3.63, 3.8) is 0 Å². The summed E-state index contributed by atoms with van der Waals surface area (Å²) in [5, 5.41) is 3.90. The quantitative estimate of drug-likeness (QED) is 0.654. The van der Waals surface area contributed by atoms with Crippen LogP contribution in [-0.4, -0.2) is 17.8 Å². The van der Waals surface area contributed by atoms with Crippen molar-refractivity contribution in [2.45, 2.75) is 0 Å². The van der Waals surface area contributed by atoms with Crippen LogP contribution < -0.4 is 10.6 Å². The van der Waals surface area contributed by atoms with Gasteiger partial charge in [0.2, 0.25) is 0 Å². The number of halogens is 1. The first-order chi connectivity index (χ1) is 10.5. The number of imide groups is 2. The van der Waals surface area contributed by atoms with Crippen molar-refractivity contribution in [2.75, 3.05) is 0 Å². The molecule has 110 valence electrons. The van der Waals surface area contributed by atoms with E-state index in [9.17, 15) is 18.8 Å². The molecule has 1 aromatic carbocycles. The van der Waals surface area contributed by atoms with Crippen LogP contribution in [-0.2, 0) is 9.59 Å². The maximum Gasteiger partial charge on any atom is 0.328 e. The Morgan fingerprint density at radius 3 is 2.32 bits per heavy atom. The Labute approximate surface area is 123 Å². The highest BCUT2D eigenvalue weighted by Gasteiger charge is 2.28. The Morgan fingerprint density at radius 2 is 1.64 bits per heavy atom. The van der Waals surface area contributed by atoms with Gasteiger partial charge in [-0.2, -0.15) is 0 Å². The van der Waals surface area contributed by atoms with Crippen LogP contribution in [0.5, 0.6) is 0 Å². The van der Waals surface area contributed by atoms with Crippen molar-refractivity contribution in [1.29, 1.82) is 0 Å². The van der Waals surface area contributed by atoms with Crippen LogP contribution in [0.25, 0.3) is 17.4 Å². The molecule has 0 bridgehead atoms. The minimum atomic E-state index is -0.876. The molecule has 0 atom stereocenters. The Bertz CT molecular complexity index is 800. The molecule has 0 spiro atoms. The predicted molar refractivity (Wildman–Crippen MR) is 73.8 cm³/mol. The van der Waals surface area contributed by atoms with Crippen LogP contribution in [0.2, 0.25) is 0 Å². The molecule has 0 aliphatic carbocycles. The van der Waals surface area contributed by atoms with Gasteiger partial charge in [0.25, 0.3) is 11.8 Å². The van der Waals surface area contributed by atoms with E-state index in [1.54, 1.807) is 18.2 Å². The minimum absolute atomic E-state index is 0.188. The third kappa shape index (κ3) is 2.51. The van der Waals surface area contributed by atoms with Crippen molar-refractivity contribution in [2.24, 2.45) is 0 Å². The van der Waals surface area contributed by atoms with E-state index in [-0.39, 0.29) is 22.7 Å². The Hall–Kier alpha value is -3.22. The van der Waals surface area contributed by atoms with Gasteiger partial charge in [-0.1, -0.05) is 12.1 Å². The van der Waals surface area contributed by atoms with E-state index in [0.29, 0.717) is 0 Å². The molecule has 0 unspecified atom stereocenters. The Balaban J connectivity index is 1.93. The number of hydrogen-bond acceptors (Lipinski definition) is 4. The fourth-order valence-electron chi connectivity index (χ4n) is 1.98. The third-order valence-corrected chi connectivity index (χ3v) is 3.00. The molecule has 0 radical (unpaired) electrons. The maximum absolute atomic E-state index is 13.7. The first-order valence-electron chi connectivity index (χ1n) is 6.27. The topological polar surface area (TPSA) is 88.4 Å². The van der Waals surface area contributed by atoms with E-state index in [4.69, 9.17) is 4.42 Å². The molecule has 1 aromatic heterocycles. The molecule has 3 rings (SSSR count). The van der Waals surface area contributed by atoms with Crippen LogP contribution in [0.3, 0.4) is 0 Å². The van der Waals surface area contributed by atoms with Crippen molar-refractivity contribution < 1.29 is 23.2 Å². The molecule has 1 fully saturated rings. The van der Waals surface area contributed by atoms with Crippen molar-refractivity contribution in [1.82, 2.24) is 10.6 Å². The van der Waals surface area contributed by atoms with Crippen molar-refractivity contribution >= 4 is 23.9 Å². The summed E-state index contributed by atoms with van der Waals surface area (Å²) in [5.41, 5.74) is -0.00564. The van der Waals surface area contributed by atoms with E-state index in [2.05, 4.69) is 0 Å². The molecule has 2 aromatic rings. The number of nitrogens with one attached hydrogen (secondary N) is 2. The molecule has 1 saturated heterocycles. The molecule has 22 heavy (non-hydrogen) atoms. The lowest BCUT2D eigenvalue weighted by Gasteiger charge is -2.13. The largest absolute Gasteiger partial charge is 0.457 e. The molecule has 2 N–H and O–H groups in total. The van der Waals surface area contributed by atoms with E-state index in [1.165, 1.54) is 24.3 Å². The average Bonchev–Trinajstić information content (AvgIpc) is 2.92. The van der Waals surface area contributed by atoms with Gasteiger partial charge < -0.3 is 4.42 Å². The normalized spacial score (nSPS) is 14.6. The number of benzene rings is 1. The number of amides is 4. The summed E-state index contributed by atoms with van der Waals surface area (Å²) in [4.78, 5) is 34.1. The Kier molecular flexibility index (Phi) is 3.30. The SMILES string of the molecule is O=C1NC(=O)C(=Cc2ccc(-c3ccccc3F)o2)C(=O)N1. The maximum atomic E-state index is 13.7. The van der Waals surface area contributed by atoms with E-state index < -0.39 is 23.7 Å². The number of barbiturate groups is 1. The molecular weight excluding hydrogens is 291 g/mol. The summed E-state index contributed by atoms with van der Waals surface area (Å²) in [7, 11) is 0. The zero-order valence-corrected chi connectivity index (χ0v) is 11.1. The lowest BCUT2D eigenvalue weighted by Crippen LogP contribution is -2.51. The van der Waals surface area contributed by atoms with E-state index in [0.717, 1.165) is 0 Å². The number of furan rings is 1. The van der Waals surface area contributed by atoms with Gasteiger partial charge in [-0.05, 0) is 30.3 Å². The smallest absolute Gasteiger partial charge is 0.328 e. The molecule has 7 heteroatoms. The lowest BCUT2D eigenvalue weighted by atomic mass is 10.1. The fourth-order valence-corrected chi connectivity index (χ4v) is 1.98. The number of rotatable bonds is 2. The van der Waals surface area contributed by atoms with Crippen molar-refractivity contribution in [3.05, 3.63) is 53.5 Å². The van der Waals surface area contributed by atoms with Gasteiger partial charge >= 0.3 is 6.03 Å². The standard InChI is InChI=1S/C15H9FN2O4/c16-11-4-2-1-3-9(11)12-6-5-8(22-12)7-10-13(19)17-15(21)18-14(10)20/h1-7H,(H2,17,18,19,20,21). The number of carbonyl (C=O) groups excluding carboxylic acids is 3. The molecule has 2 heterocycles. The summed E-state index contributed by atoms with van der Waals surface area (Å²) in [6, 6.07) is 8.19. The monoisotopic (exact) mass is 300 g/mol.